The summed E-state index contributed by atoms with van der Waals surface area (Å²) in [5, 5.41) is 3.58. The fourth-order valence-electron chi connectivity index (χ4n) is 2.69. The summed E-state index contributed by atoms with van der Waals surface area (Å²) >= 11 is 2.07. The molecular formula is C18H13AsBrN. The first-order valence-corrected chi connectivity index (χ1v) is 10.4. The van der Waals surface area contributed by atoms with Crippen molar-refractivity contribution < 1.29 is 0 Å². The van der Waals surface area contributed by atoms with Crippen LogP contribution < -0.4 is 18.4 Å². The molecule has 3 aromatic rings. The number of nitrogens with one attached hydrogen (secondary N) is 1. The van der Waals surface area contributed by atoms with Gasteiger partial charge in [0, 0.05) is 0 Å². The fourth-order valence-corrected chi connectivity index (χ4v) is 8.15. The van der Waals surface area contributed by atoms with Crippen LogP contribution in [0, 0.1) is 0 Å². The molecule has 3 heteroatoms. The van der Waals surface area contributed by atoms with Crippen molar-refractivity contribution in [3.63, 3.8) is 0 Å². The van der Waals surface area contributed by atoms with E-state index < -0.39 is 14.7 Å². The van der Waals surface area contributed by atoms with E-state index in [9.17, 15) is 0 Å². The zero-order valence-corrected chi connectivity index (χ0v) is 14.7. The Bertz CT molecular complexity index is 753. The third-order valence-corrected chi connectivity index (χ3v) is 9.54. The van der Waals surface area contributed by atoms with Gasteiger partial charge in [0.05, 0.1) is 0 Å². The number of halogens is 1. The molecule has 1 nitrogen and oxygen atoms in total. The summed E-state index contributed by atoms with van der Waals surface area (Å²) in [4.78, 5) is 0. The van der Waals surface area contributed by atoms with E-state index in [0.717, 1.165) is 4.47 Å². The number of anilines is 2. The van der Waals surface area contributed by atoms with Gasteiger partial charge >= 0.3 is 138 Å². The average Bonchev–Trinajstić information content (AvgIpc) is 2.53. The minimum absolute atomic E-state index is 1.14. The second kappa shape index (κ2) is 5.36. The van der Waals surface area contributed by atoms with Crippen LogP contribution in [0.1, 0.15) is 0 Å². The Morgan fingerprint density at radius 2 is 1.19 bits per heavy atom. The molecule has 1 heterocycles. The van der Waals surface area contributed by atoms with Crippen LogP contribution in [-0.2, 0) is 0 Å². The van der Waals surface area contributed by atoms with Crippen molar-refractivity contribution in [2.45, 2.75) is 0 Å². The van der Waals surface area contributed by atoms with E-state index >= 15 is 0 Å². The Morgan fingerprint density at radius 1 is 0.667 bits per heavy atom. The van der Waals surface area contributed by atoms with Crippen LogP contribution in [0.25, 0.3) is 0 Å². The topological polar surface area (TPSA) is 12.0 Å². The number of benzene rings is 3. The van der Waals surface area contributed by atoms with Crippen molar-refractivity contribution in [2.24, 2.45) is 0 Å². The average molecular weight is 398 g/mol. The van der Waals surface area contributed by atoms with E-state index in [-0.39, 0.29) is 0 Å². The summed E-state index contributed by atoms with van der Waals surface area (Å²) in [5.41, 5.74) is 2.53. The van der Waals surface area contributed by atoms with Crippen LogP contribution in [-0.4, -0.2) is 14.7 Å². The number of hydrogen-bond acceptors (Lipinski definition) is 1. The van der Waals surface area contributed by atoms with Crippen molar-refractivity contribution >= 4 is 55.0 Å². The van der Waals surface area contributed by atoms with Crippen LogP contribution in [0.3, 0.4) is 0 Å². The van der Waals surface area contributed by atoms with Crippen molar-refractivity contribution in [1.82, 2.24) is 0 Å². The Kier molecular flexibility index (Phi) is 3.37. The maximum absolute atomic E-state index is 3.58. The van der Waals surface area contributed by atoms with Crippen LogP contribution in [0.4, 0.5) is 11.4 Å². The first-order chi connectivity index (χ1) is 10.3. The molecule has 0 fully saturated rings. The van der Waals surface area contributed by atoms with Gasteiger partial charge in [0.1, 0.15) is 0 Å². The van der Waals surface area contributed by atoms with Gasteiger partial charge in [-0.15, -0.1) is 0 Å². The molecule has 1 aliphatic heterocycles. The summed E-state index contributed by atoms with van der Waals surface area (Å²) < 4.78 is 5.56. The Morgan fingerprint density at radius 3 is 1.76 bits per heavy atom. The molecule has 0 atom stereocenters. The first-order valence-electron chi connectivity index (χ1n) is 6.84. The molecule has 0 aromatic heterocycles. The summed E-state index contributed by atoms with van der Waals surface area (Å²) in [6.07, 6.45) is 0. The predicted molar refractivity (Wildman–Crippen MR) is 95.0 cm³/mol. The van der Waals surface area contributed by atoms with E-state index in [1.807, 2.05) is 0 Å². The molecule has 0 aliphatic carbocycles. The van der Waals surface area contributed by atoms with Gasteiger partial charge in [0.25, 0.3) is 0 Å². The van der Waals surface area contributed by atoms with Gasteiger partial charge in [0.15, 0.2) is 0 Å². The standard InChI is InChI=1S/C18H13AsBrN/c20-14-11-9-13(10-12-14)19-15-5-1-3-7-17(15)21-18-8-4-2-6-16(18)19/h1-12,21H. The van der Waals surface area contributed by atoms with Gasteiger partial charge in [-0.2, -0.15) is 0 Å². The van der Waals surface area contributed by atoms with Gasteiger partial charge in [-0.3, -0.25) is 0 Å². The number of hydrogen-bond donors (Lipinski definition) is 1. The Hall–Kier alpha value is -1.50. The second-order valence-corrected chi connectivity index (χ2v) is 10.4. The summed E-state index contributed by atoms with van der Waals surface area (Å²) in [7, 11) is 0. The Labute approximate surface area is 137 Å². The second-order valence-electron chi connectivity index (χ2n) is 4.97. The van der Waals surface area contributed by atoms with Gasteiger partial charge in [-0.25, -0.2) is 0 Å². The molecule has 21 heavy (non-hydrogen) atoms. The van der Waals surface area contributed by atoms with E-state index in [1.54, 1.807) is 0 Å². The number of para-hydroxylation sites is 2. The molecule has 1 N–H and O–H groups in total. The summed E-state index contributed by atoms with van der Waals surface area (Å²) in [5.74, 6) is 0. The number of rotatable bonds is 1. The van der Waals surface area contributed by atoms with Crippen LogP contribution >= 0.6 is 15.9 Å². The van der Waals surface area contributed by atoms with Crippen LogP contribution in [0.5, 0.6) is 0 Å². The molecule has 0 spiro atoms. The van der Waals surface area contributed by atoms with Crippen molar-refractivity contribution in [2.75, 3.05) is 5.32 Å². The van der Waals surface area contributed by atoms with Gasteiger partial charge in [-0.05, 0) is 0 Å². The van der Waals surface area contributed by atoms with E-state index in [0.29, 0.717) is 0 Å². The molecule has 0 amide bonds. The van der Waals surface area contributed by atoms with Crippen molar-refractivity contribution in [3.05, 3.63) is 77.3 Å². The zero-order chi connectivity index (χ0) is 14.2. The molecule has 0 radical (unpaired) electrons. The molecule has 3 aromatic carbocycles. The summed E-state index contributed by atoms with van der Waals surface area (Å²) in [6, 6.07) is 26.3. The molecule has 0 saturated carbocycles. The normalized spacial score (nSPS) is 13.2. The van der Waals surface area contributed by atoms with Crippen LogP contribution in [0.15, 0.2) is 77.3 Å². The first kappa shape index (κ1) is 13.2. The molecule has 4 rings (SSSR count). The molecule has 0 unspecified atom stereocenters. The Balaban J connectivity index is 1.95. The van der Waals surface area contributed by atoms with E-state index in [4.69, 9.17) is 0 Å². The number of fused-ring (bicyclic) bond motifs is 2. The molecule has 0 saturated heterocycles. The fraction of sp³-hybridized carbons (Fsp3) is 0. The van der Waals surface area contributed by atoms with Gasteiger partial charge < -0.3 is 0 Å². The molecule has 1 aliphatic rings. The monoisotopic (exact) mass is 397 g/mol. The molecular weight excluding hydrogens is 385 g/mol. The third kappa shape index (κ3) is 2.33. The third-order valence-electron chi connectivity index (χ3n) is 3.64. The van der Waals surface area contributed by atoms with Crippen molar-refractivity contribution in [1.29, 1.82) is 0 Å². The van der Waals surface area contributed by atoms with Crippen LogP contribution in [0.2, 0.25) is 0 Å². The zero-order valence-electron chi connectivity index (χ0n) is 11.3. The SMILES string of the molecule is Brc1ccc([As]2c3ccccc3Nc3ccccc32)cc1. The summed E-state index contributed by atoms with van der Waals surface area (Å²) in [6.45, 7) is 0. The maximum atomic E-state index is 3.58. The quantitative estimate of drug-likeness (QED) is 0.487. The van der Waals surface area contributed by atoms with Crippen molar-refractivity contribution in [3.8, 4) is 0 Å². The van der Waals surface area contributed by atoms with Gasteiger partial charge in [0.2, 0.25) is 0 Å². The van der Waals surface area contributed by atoms with Gasteiger partial charge in [-0.1, -0.05) is 0 Å². The predicted octanol–water partition coefficient (Wildman–Crippen LogP) is 3.02. The molecule has 0 bridgehead atoms. The minimum atomic E-state index is -1.47. The molecule has 102 valence electrons. The van der Waals surface area contributed by atoms with E-state index in [2.05, 4.69) is 94.0 Å². The van der Waals surface area contributed by atoms with E-state index in [1.165, 1.54) is 24.4 Å².